The summed E-state index contributed by atoms with van der Waals surface area (Å²) >= 11 is 1.72. The van der Waals surface area contributed by atoms with Gasteiger partial charge in [0.15, 0.2) is 0 Å². The van der Waals surface area contributed by atoms with Crippen molar-refractivity contribution in [2.24, 2.45) is 0 Å². The average Bonchev–Trinajstić information content (AvgIpc) is 3.40. The number of hydrogen-bond donors (Lipinski definition) is 0. The number of anilines is 1. The van der Waals surface area contributed by atoms with Crippen molar-refractivity contribution in [3.63, 3.8) is 0 Å². The Hall–Kier alpha value is -2.84. The van der Waals surface area contributed by atoms with Gasteiger partial charge in [0.25, 0.3) is 0 Å². The molecule has 4 heterocycles. The van der Waals surface area contributed by atoms with Crippen molar-refractivity contribution in [1.82, 2.24) is 25.0 Å². The summed E-state index contributed by atoms with van der Waals surface area (Å²) in [6.45, 7) is 9.96. The maximum Gasteiger partial charge on any atom is 0.244 e. The zero-order valence-electron chi connectivity index (χ0n) is 17.4. The molecule has 30 heavy (non-hydrogen) atoms. The molecule has 1 aliphatic rings. The van der Waals surface area contributed by atoms with E-state index in [-0.39, 0.29) is 6.04 Å². The van der Waals surface area contributed by atoms with E-state index >= 15 is 0 Å². The molecule has 154 valence electrons. The van der Waals surface area contributed by atoms with Gasteiger partial charge in [0.1, 0.15) is 17.0 Å². The Morgan fingerprint density at radius 3 is 2.57 bits per heavy atom. The van der Waals surface area contributed by atoms with Crippen LogP contribution in [0.4, 0.5) is 5.82 Å². The number of benzene rings is 1. The Balaban J connectivity index is 1.28. The molecule has 5 rings (SSSR count). The van der Waals surface area contributed by atoms with E-state index in [1.807, 2.05) is 12.1 Å². The molecule has 0 N–H and O–H groups in total. The van der Waals surface area contributed by atoms with Crippen LogP contribution in [0.15, 0.2) is 41.2 Å². The second-order valence-electron chi connectivity index (χ2n) is 7.79. The highest BCUT2D eigenvalue weighted by molar-refractivity contribution is 7.18. The number of aryl methyl sites for hydroxylation is 2. The van der Waals surface area contributed by atoms with Gasteiger partial charge < -0.3 is 9.42 Å². The number of nitrogens with zero attached hydrogens (tertiary/aromatic N) is 6. The second kappa shape index (κ2) is 7.77. The summed E-state index contributed by atoms with van der Waals surface area (Å²) in [5.41, 5.74) is 2.19. The summed E-state index contributed by atoms with van der Waals surface area (Å²) in [6.07, 6.45) is 1.67. The Morgan fingerprint density at radius 2 is 1.80 bits per heavy atom. The highest BCUT2D eigenvalue weighted by Crippen LogP contribution is 2.31. The summed E-state index contributed by atoms with van der Waals surface area (Å²) in [6, 6.07) is 10.5. The van der Waals surface area contributed by atoms with Crippen LogP contribution in [-0.4, -0.2) is 51.2 Å². The molecule has 0 spiro atoms. The van der Waals surface area contributed by atoms with Crippen LogP contribution in [0, 0.1) is 13.8 Å². The van der Waals surface area contributed by atoms with Crippen molar-refractivity contribution in [1.29, 1.82) is 0 Å². The summed E-state index contributed by atoms with van der Waals surface area (Å²) in [5.74, 6) is 2.35. The Labute approximate surface area is 179 Å². The first-order valence-corrected chi connectivity index (χ1v) is 11.0. The predicted octanol–water partition coefficient (Wildman–Crippen LogP) is 4.24. The van der Waals surface area contributed by atoms with Crippen molar-refractivity contribution in [2.45, 2.75) is 26.8 Å². The fourth-order valence-corrected chi connectivity index (χ4v) is 4.76. The van der Waals surface area contributed by atoms with Gasteiger partial charge in [0.05, 0.1) is 11.4 Å². The van der Waals surface area contributed by atoms with Crippen LogP contribution in [0.2, 0.25) is 0 Å². The van der Waals surface area contributed by atoms with Crippen molar-refractivity contribution in [3.05, 3.63) is 53.0 Å². The van der Waals surface area contributed by atoms with Crippen molar-refractivity contribution < 1.29 is 4.52 Å². The van der Waals surface area contributed by atoms with Crippen LogP contribution >= 0.6 is 11.3 Å². The first-order chi connectivity index (χ1) is 14.6. The molecule has 1 saturated heterocycles. The normalized spacial score (nSPS) is 16.3. The van der Waals surface area contributed by atoms with E-state index in [2.05, 4.69) is 68.9 Å². The molecule has 0 saturated carbocycles. The summed E-state index contributed by atoms with van der Waals surface area (Å²) < 4.78 is 5.60. The Morgan fingerprint density at radius 1 is 1.03 bits per heavy atom. The predicted molar refractivity (Wildman–Crippen MR) is 119 cm³/mol. The summed E-state index contributed by atoms with van der Waals surface area (Å²) in [4.78, 5) is 20.7. The molecule has 4 aromatic rings. The summed E-state index contributed by atoms with van der Waals surface area (Å²) in [5, 5.41) is 5.35. The zero-order valence-corrected chi connectivity index (χ0v) is 18.2. The molecule has 0 radical (unpaired) electrons. The van der Waals surface area contributed by atoms with Crippen molar-refractivity contribution in [2.75, 3.05) is 31.1 Å². The number of aromatic nitrogens is 4. The highest BCUT2D eigenvalue weighted by Gasteiger charge is 2.27. The van der Waals surface area contributed by atoms with Gasteiger partial charge in [-0.2, -0.15) is 4.98 Å². The highest BCUT2D eigenvalue weighted by atomic mass is 32.1. The lowest BCUT2D eigenvalue weighted by Crippen LogP contribution is -2.47. The molecular formula is C22H24N6OS. The van der Waals surface area contributed by atoms with E-state index in [9.17, 15) is 0 Å². The largest absolute Gasteiger partial charge is 0.353 e. The number of hydrogen-bond acceptors (Lipinski definition) is 8. The number of thiophene rings is 1. The first kappa shape index (κ1) is 19.1. The third-order valence-corrected chi connectivity index (χ3v) is 6.66. The molecule has 1 aliphatic heterocycles. The van der Waals surface area contributed by atoms with E-state index in [0.29, 0.717) is 11.7 Å². The van der Waals surface area contributed by atoms with Crippen LogP contribution < -0.4 is 4.90 Å². The lowest BCUT2D eigenvalue weighted by molar-refractivity contribution is 0.164. The fourth-order valence-electron chi connectivity index (χ4n) is 3.92. The van der Waals surface area contributed by atoms with E-state index in [4.69, 9.17) is 4.52 Å². The molecule has 0 bridgehead atoms. The molecule has 8 heteroatoms. The third-order valence-electron chi connectivity index (χ3n) is 5.70. The van der Waals surface area contributed by atoms with Crippen molar-refractivity contribution >= 4 is 27.4 Å². The van der Waals surface area contributed by atoms with Crippen LogP contribution in [0.1, 0.15) is 29.3 Å². The van der Waals surface area contributed by atoms with Gasteiger partial charge >= 0.3 is 0 Å². The van der Waals surface area contributed by atoms with E-state index in [1.54, 1.807) is 17.7 Å². The minimum Gasteiger partial charge on any atom is -0.353 e. The molecule has 1 unspecified atom stereocenters. The maximum atomic E-state index is 5.60. The molecule has 7 nitrogen and oxygen atoms in total. The lowest BCUT2D eigenvalue weighted by Gasteiger charge is -2.37. The Bertz CT molecular complexity index is 1160. The van der Waals surface area contributed by atoms with Crippen LogP contribution in [-0.2, 0) is 0 Å². The number of piperazine rings is 1. The molecule has 3 aromatic heterocycles. The van der Waals surface area contributed by atoms with Gasteiger partial charge in [-0.1, -0.05) is 35.0 Å². The first-order valence-electron chi connectivity index (χ1n) is 10.2. The van der Waals surface area contributed by atoms with E-state index in [0.717, 1.165) is 47.8 Å². The quantitative estimate of drug-likeness (QED) is 0.489. The van der Waals surface area contributed by atoms with Gasteiger partial charge in [-0.15, -0.1) is 11.3 Å². The fraction of sp³-hybridized carbons (Fsp3) is 0.364. The standard InChI is InChI=1S/C22H24N6OS/c1-14-4-6-17(7-5-14)19-25-21(29-26-19)16(3)27-8-10-28(11-9-27)20-18-12-15(2)30-22(18)24-13-23-20/h4-7,12-13,16H,8-11H2,1-3H3. The van der Waals surface area contributed by atoms with Gasteiger partial charge in [-0.25, -0.2) is 9.97 Å². The third kappa shape index (κ3) is 3.57. The van der Waals surface area contributed by atoms with Gasteiger partial charge in [0, 0.05) is 36.6 Å². The number of rotatable bonds is 4. The smallest absolute Gasteiger partial charge is 0.244 e. The maximum absolute atomic E-state index is 5.60. The van der Waals surface area contributed by atoms with Crippen LogP contribution in [0.25, 0.3) is 21.6 Å². The van der Waals surface area contributed by atoms with Crippen LogP contribution in [0.3, 0.4) is 0 Å². The molecular weight excluding hydrogens is 396 g/mol. The molecule has 0 amide bonds. The Kier molecular flexibility index (Phi) is 4.96. The molecule has 1 aromatic carbocycles. The minimum atomic E-state index is 0.0765. The molecule has 1 atom stereocenters. The van der Waals surface area contributed by atoms with Gasteiger partial charge in [0.2, 0.25) is 11.7 Å². The van der Waals surface area contributed by atoms with Gasteiger partial charge in [-0.05, 0) is 26.8 Å². The zero-order chi connectivity index (χ0) is 20.7. The van der Waals surface area contributed by atoms with E-state index < -0.39 is 0 Å². The lowest BCUT2D eigenvalue weighted by atomic mass is 10.1. The van der Waals surface area contributed by atoms with Gasteiger partial charge in [-0.3, -0.25) is 4.90 Å². The van der Waals surface area contributed by atoms with Crippen LogP contribution in [0.5, 0.6) is 0 Å². The molecule has 1 fully saturated rings. The minimum absolute atomic E-state index is 0.0765. The number of fused-ring (bicyclic) bond motifs is 1. The van der Waals surface area contributed by atoms with Crippen molar-refractivity contribution in [3.8, 4) is 11.4 Å². The average molecular weight is 421 g/mol. The SMILES string of the molecule is Cc1ccc(-c2noc(C(C)N3CCN(c4ncnc5sc(C)cc45)CC3)n2)cc1. The van der Waals surface area contributed by atoms with E-state index in [1.165, 1.54) is 10.4 Å². The second-order valence-corrected chi connectivity index (χ2v) is 9.03. The molecule has 0 aliphatic carbocycles. The monoisotopic (exact) mass is 420 g/mol. The summed E-state index contributed by atoms with van der Waals surface area (Å²) in [7, 11) is 0. The topological polar surface area (TPSA) is 71.2 Å².